The fourth-order valence-corrected chi connectivity index (χ4v) is 2.93. The van der Waals surface area contributed by atoms with E-state index in [1.807, 2.05) is 4.57 Å². The molecule has 0 amide bonds. The predicted molar refractivity (Wildman–Crippen MR) is 108 cm³/mol. The van der Waals surface area contributed by atoms with Crippen LogP contribution in [0.1, 0.15) is 37.3 Å². The number of nitrogens with two attached hydrogens (primary N) is 1. The Balaban J connectivity index is 1.90. The molecule has 0 atom stereocenters. The lowest BCUT2D eigenvalue weighted by Crippen LogP contribution is -2.07. The van der Waals surface area contributed by atoms with E-state index in [1.54, 1.807) is 7.11 Å². The second kappa shape index (κ2) is 9.36. The summed E-state index contributed by atoms with van der Waals surface area (Å²) in [4.78, 5) is 13.1. The van der Waals surface area contributed by atoms with Crippen LogP contribution in [0.3, 0.4) is 0 Å². The van der Waals surface area contributed by atoms with Gasteiger partial charge in [-0.1, -0.05) is 37.6 Å². The fourth-order valence-electron chi connectivity index (χ4n) is 2.93. The van der Waals surface area contributed by atoms with Crippen molar-refractivity contribution in [3.8, 4) is 12.0 Å². The number of hydrogen-bond acceptors (Lipinski definition) is 7. The number of aromatic nitrogens is 4. The standard InChI is InChI=1S/C20H27N5O3/c1-3-4-12-28-19-23-17(21)16-18(24-19)25(20(22-16)27-2)13-15-9-7-14(8-10-15)6-5-11-26/h7-10,26H,3-6,11-13H2,1-2H3,(H2,21,23,24). The molecular weight excluding hydrogens is 358 g/mol. The van der Waals surface area contributed by atoms with Crippen molar-refractivity contribution in [1.29, 1.82) is 0 Å². The first kappa shape index (κ1) is 19.9. The van der Waals surface area contributed by atoms with E-state index >= 15 is 0 Å². The SMILES string of the molecule is CCCCOc1nc(N)c2nc(OC)n(Cc3ccc(CCCO)cc3)c2n1. The zero-order valence-electron chi connectivity index (χ0n) is 16.4. The summed E-state index contributed by atoms with van der Waals surface area (Å²) >= 11 is 0. The van der Waals surface area contributed by atoms with Gasteiger partial charge >= 0.3 is 6.01 Å². The van der Waals surface area contributed by atoms with E-state index in [0.29, 0.717) is 30.3 Å². The Labute approximate surface area is 164 Å². The molecule has 0 aliphatic heterocycles. The number of fused-ring (bicyclic) bond motifs is 1. The number of aliphatic hydroxyl groups excluding tert-OH is 1. The van der Waals surface area contributed by atoms with Gasteiger partial charge in [0.15, 0.2) is 17.0 Å². The van der Waals surface area contributed by atoms with Crippen LogP contribution in [0.4, 0.5) is 5.82 Å². The van der Waals surface area contributed by atoms with Gasteiger partial charge in [-0.3, -0.25) is 4.57 Å². The Morgan fingerprint density at radius 3 is 2.50 bits per heavy atom. The van der Waals surface area contributed by atoms with E-state index in [0.717, 1.165) is 31.2 Å². The zero-order valence-corrected chi connectivity index (χ0v) is 16.4. The number of imidazole rings is 1. The van der Waals surface area contributed by atoms with Crippen LogP contribution < -0.4 is 15.2 Å². The molecule has 28 heavy (non-hydrogen) atoms. The molecule has 1 aromatic carbocycles. The lowest BCUT2D eigenvalue weighted by atomic mass is 10.1. The molecule has 3 N–H and O–H groups in total. The van der Waals surface area contributed by atoms with E-state index in [9.17, 15) is 0 Å². The molecule has 150 valence electrons. The van der Waals surface area contributed by atoms with Crippen LogP contribution in [0.5, 0.6) is 12.0 Å². The number of methoxy groups -OCH3 is 1. The lowest BCUT2D eigenvalue weighted by Gasteiger charge is -2.09. The largest absolute Gasteiger partial charge is 0.468 e. The maximum atomic E-state index is 8.97. The molecule has 0 radical (unpaired) electrons. The van der Waals surface area contributed by atoms with Gasteiger partial charge in [0.1, 0.15) is 0 Å². The highest BCUT2D eigenvalue weighted by atomic mass is 16.5. The fraction of sp³-hybridized carbons (Fsp3) is 0.450. The van der Waals surface area contributed by atoms with Crippen molar-refractivity contribution in [2.45, 2.75) is 39.2 Å². The van der Waals surface area contributed by atoms with E-state index in [2.05, 4.69) is 46.1 Å². The zero-order chi connectivity index (χ0) is 19.9. The second-order valence-corrected chi connectivity index (χ2v) is 6.59. The number of ether oxygens (including phenoxy) is 2. The third-order valence-electron chi connectivity index (χ3n) is 4.46. The van der Waals surface area contributed by atoms with Crippen molar-refractivity contribution in [2.24, 2.45) is 0 Å². The lowest BCUT2D eigenvalue weighted by molar-refractivity contribution is 0.286. The third-order valence-corrected chi connectivity index (χ3v) is 4.46. The topological polar surface area (TPSA) is 108 Å². The van der Waals surface area contributed by atoms with Crippen LogP contribution in [0.2, 0.25) is 0 Å². The Hall–Kier alpha value is -2.87. The summed E-state index contributed by atoms with van der Waals surface area (Å²) in [5.41, 5.74) is 9.43. The first-order valence-electron chi connectivity index (χ1n) is 9.55. The number of anilines is 1. The van der Waals surface area contributed by atoms with Crippen LogP contribution >= 0.6 is 0 Å². The van der Waals surface area contributed by atoms with Crippen molar-refractivity contribution >= 4 is 17.0 Å². The molecule has 0 spiro atoms. The van der Waals surface area contributed by atoms with Gasteiger partial charge in [-0.05, 0) is 30.4 Å². The second-order valence-electron chi connectivity index (χ2n) is 6.59. The summed E-state index contributed by atoms with van der Waals surface area (Å²) in [6.07, 6.45) is 3.57. The minimum Gasteiger partial charge on any atom is -0.468 e. The molecule has 0 aliphatic carbocycles. The van der Waals surface area contributed by atoms with Crippen molar-refractivity contribution in [3.63, 3.8) is 0 Å². The van der Waals surface area contributed by atoms with Crippen LogP contribution in [-0.2, 0) is 13.0 Å². The summed E-state index contributed by atoms with van der Waals surface area (Å²) in [6, 6.07) is 8.92. The van der Waals surface area contributed by atoms with E-state index < -0.39 is 0 Å². The number of hydrogen-bond donors (Lipinski definition) is 2. The Bertz CT molecular complexity index is 908. The first-order chi connectivity index (χ1) is 13.7. The van der Waals surface area contributed by atoms with Gasteiger partial charge in [0.2, 0.25) is 0 Å². The van der Waals surface area contributed by atoms with Crippen molar-refractivity contribution in [2.75, 3.05) is 26.1 Å². The van der Waals surface area contributed by atoms with Crippen LogP contribution in [0.15, 0.2) is 24.3 Å². The maximum absolute atomic E-state index is 8.97. The van der Waals surface area contributed by atoms with Gasteiger partial charge in [0.25, 0.3) is 6.01 Å². The van der Waals surface area contributed by atoms with Gasteiger partial charge in [0, 0.05) is 6.61 Å². The van der Waals surface area contributed by atoms with Crippen molar-refractivity contribution in [1.82, 2.24) is 19.5 Å². The maximum Gasteiger partial charge on any atom is 0.320 e. The smallest absolute Gasteiger partial charge is 0.320 e. The number of benzene rings is 1. The minimum absolute atomic E-state index is 0.198. The van der Waals surface area contributed by atoms with Crippen molar-refractivity contribution in [3.05, 3.63) is 35.4 Å². The van der Waals surface area contributed by atoms with Crippen LogP contribution in [-0.4, -0.2) is 44.9 Å². The minimum atomic E-state index is 0.198. The van der Waals surface area contributed by atoms with E-state index in [1.165, 1.54) is 5.56 Å². The summed E-state index contributed by atoms with van der Waals surface area (Å²) < 4.78 is 12.9. The highest BCUT2D eigenvalue weighted by Gasteiger charge is 2.18. The summed E-state index contributed by atoms with van der Waals surface area (Å²) in [7, 11) is 1.57. The molecule has 0 bridgehead atoms. The van der Waals surface area contributed by atoms with Gasteiger partial charge < -0.3 is 20.3 Å². The number of rotatable bonds is 10. The summed E-state index contributed by atoms with van der Waals surface area (Å²) in [5, 5.41) is 8.97. The normalized spacial score (nSPS) is 11.1. The average molecular weight is 385 g/mol. The van der Waals surface area contributed by atoms with E-state index in [-0.39, 0.29) is 18.4 Å². The molecule has 3 rings (SSSR count). The van der Waals surface area contributed by atoms with Crippen molar-refractivity contribution < 1.29 is 14.6 Å². The first-order valence-corrected chi connectivity index (χ1v) is 9.55. The van der Waals surface area contributed by atoms with Crippen LogP contribution in [0.25, 0.3) is 11.2 Å². The molecule has 3 aromatic rings. The highest BCUT2D eigenvalue weighted by Crippen LogP contribution is 2.26. The summed E-state index contributed by atoms with van der Waals surface area (Å²) in [5.74, 6) is 0.271. The number of unbranched alkanes of at least 4 members (excludes halogenated alkanes) is 1. The predicted octanol–water partition coefficient (Wildman–Crippen LogP) is 2.57. The van der Waals surface area contributed by atoms with Crippen LogP contribution in [0, 0.1) is 0 Å². The summed E-state index contributed by atoms with van der Waals surface area (Å²) in [6.45, 7) is 3.37. The molecule has 8 heteroatoms. The molecular formula is C20H27N5O3. The third kappa shape index (κ3) is 4.51. The molecule has 0 fully saturated rings. The molecule has 0 aliphatic rings. The van der Waals surface area contributed by atoms with Gasteiger partial charge in [-0.15, -0.1) is 0 Å². The Morgan fingerprint density at radius 1 is 1.07 bits per heavy atom. The quantitative estimate of drug-likeness (QED) is 0.516. The number of nitrogen functional groups attached to an aromatic ring is 1. The number of aliphatic hydroxyl groups is 1. The molecule has 2 aromatic heterocycles. The highest BCUT2D eigenvalue weighted by molar-refractivity contribution is 5.83. The number of aryl methyl sites for hydroxylation is 1. The molecule has 0 unspecified atom stereocenters. The molecule has 2 heterocycles. The number of nitrogens with zero attached hydrogens (tertiary/aromatic N) is 4. The Morgan fingerprint density at radius 2 is 1.82 bits per heavy atom. The van der Waals surface area contributed by atoms with Gasteiger partial charge in [-0.2, -0.15) is 15.0 Å². The molecule has 0 saturated carbocycles. The van der Waals surface area contributed by atoms with Gasteiger partial charge in [0.05, 0.1) is 20.3 Å². The average Bonchev–Trinajstić information content (AvgIpc) is 3.06. The van der Waals surface area contributed by atoms with E-state index in [4.69, 9.17) is 20.3 Å². The Kier molecular flexibility index (Phi) is 6.65. The monoisotopic (exact) mass is 385 g/mol. The molecule has 8 nitrogen and oxygen atoms in total. The molecule has 0 saturated heterocycles. The van der Waals surface area contributed by atoms with Gasteiger partial charge in [-0.25, -0.2) is 0 Å².